The average Bonchev–Trinajstić information content (AvgIpc) is 2.36. The highest BCUT2D eigenvalue weighted by Crippen LogP contribution is 2.29. The normalized spacial score (nSPS) is 35.9. The fourth-order valence-electron chi connectivity index (χ4n) is 1.45. The van der Waals surface area contributed by atoms with E-state index in [1.54, 1.807) is 0 Å². The molecule has 1 rings (SSSR count). The lowest BCUT2D eigenvalue weighted by Gasteiger charge is -2.39. The zero-order valence-electron chi connectivity index (χ0n) is 10.2. The van der Waals surface area contributed by atoms with E-state index in [0.29, 0.717) is 11.8 Å². The quantitative estimate of drug-likeness (QED) is 0.163. The first kappa shape index (κ1) is 17.6. The van der Waals surface area contributed by atoms with Crippen molar-refractivity contribution in [2.24, 2.45) is 5.16 Å². The van der Waals surface area contributed by atoms with E-state index in [1.807, 2.05) is 0 Å². The van der Waals surface area contributed by atoms with Crippen LogP contribution >= 0.6 is 11.8 Å². The van der Waals surface area contributed by atoms with E-state index >= 15 is 0 Å². The summed E-state index contributed by atoms with van der Waals surface area (Å²) in [5.74, 6) is 0. The second kappa shape index (κ2) is 7.00. The minimum absolute atomic E-state index is 0.0352. The van der Waals surface area contributed by atoms with E-state index in [4.69, 9.17) is 14.4 Å². The van der Waals surface area contributed by atoms with Gasteiger partial charge in [-0.1, -0.05) is 16.9 Å². The molecule has 118 valence electrons. The predicted octanol–water partition coefficient (Wildman–Crippen LogP) is -2.33. The fraction of sp³-hybridized carbons (Fsp3) is 0.875. The van der Waals surface area contributed by atoms with Crippen LogP contribution < -0.4 is 0 Å². The summed E-state index contributed by atoms with van der Waals surface area (Å²) in [5.41, 5.74) is -1.11. The number of aliphatic hydroxyl groups is 4. The van der Waals surface area contributed by atoms with Gasteiger partial charge in [-0.25, -0.2) is 4.28 Å². The van der Waals surface area contributed by atoms with E-state index in [0.717, 1.165) is 0 Å². The molecule has 1 aliphatic rings. The zero-order valence-corrected chi connectivity index (χ0v) is 11.9. The van der Waals surface area contributed by atoms with Crippen molar-refractivity contribution >= 4 is 27.2 Å². The molecule has 1 saturated heterocycles. The van der Waals surface area contributed by atoms with Crippen molar-refractivity contribution in [3.8, 4) is 0 Å². The van der Waals surface area contributed by atoms with Gasteiger partial charge in [0.15, 0.2) is 0 Å². The van der Waals surface area contributed by atoms with E-state index in [-0.39, 0.29) is 5.04 Å². The van der Waals surface area contributed by atoms with Crippen LogP contribution in [0.15, 0.2) is 5.16 Å². The lowest BCUT2D eigenvalue weighted by Crippen LogP contribution is -2.57. The molecule has 20 heavy (non-hydrogen) atoms. The maximum atomic E-state index is 10.3. The van der Waals surface area contributed by atoms with Crippen molar-refractivity contribution in [3.05, 3.63) is 0 Å². The molecule has 5 atom stereocenters. The fourth-order valence-corrected chi connectivity index (χ4v) is 2.62. The molecule has 0 unspecified atom stereocenters. The number of thioether (sulfide) groups is 1. The van der Waals surface area contributed by atoms with Gasteiger partial charge < -0.3 is 25.2 Å². The largest absolute Gasteiger partial charge is 0.466 e. The second-order valence-corrected chi connectivity index (χ2v) is 6.22. The van der Waals surface area contributed by atoms with Crippen molar-refractivity contribution in [2.75, 3.05) is 6.61 Å². The molecule has 5 N–H and O–H groups in total. The summed E-state index contributed by atoms with van der Waals surface area (Å²) in [6.07, 6.45) is -5.61. The summed E-state index contributed by atoms with van der Waals surface area (Å²) in [4.78, 5) is 0. The summed E-state index contributed by atoms with van der Waals surface area (Å²) >= 11 is 0.689. The smallest absolute Gasteiger partial charge is 0.394 e. The monoisotopic (exact) mass is 333 g/mol. The number of nitrogens with zero attached hydrogens (tertiary/aromatic N) is 1. The third-order valence-electron chi connectivity index (χ3n) is 2.40. The Labute approximate surface area is 119 Å². The first-order valence-corrected chi connectivity index (χ1v) is 7.58. The maximum Gasteiger partial charge on any atom is 0.466 e. The molecule has 0 aromatic carbocycles. The summed E-state index contributed by atoms with van der Waals surface area (Å²) in [6, 6.07) is 0. The van der Waals surface area contributed by atoms with Gasteiger partial charge in [0.1, 0.15) is 34.9 Å². The van der Waals surface area contributed by atoms with Gasteiger partial charge >= 0.3 is 10.4 Å². The Morgan fingerprint density at radius 1 is 1.30 bits per heavy atom. The van der Waals surface area contributed by atoms with E-state index in [2.05, 4.69) is 9.44 Å². The lowest BCUT2D eigenvalue weighted by molar-refractivity contribution is -0.205. The van der Waals surface area contributed by atoms with Crippen LogP contribution in [0, 0.1) is 0 Å². The predicted molar refractivity (Wildman–Crippen MR) is 67.1 cm³/mol. The first-order valence-electron chi connectivity index (χ1n) is 5.33. The van der Waals surface area contributed by atoms with Gasteiger partial charge in [0.05, 0.1) is 6.61 Å². The van der Waals surface area contributed by atoms with Crippen LogP contribution in [0.1, 0.15) is 6.92 Å². The molecule has 0 bridgehead atoms. The molecule has 0 saturated carbocycles. The standard InChI is InChI=1S/C8H15NO9S2/c1-3(9-18-20(14,15)16)19-8-7(13)6(12)5(11)4(2-10)17-8/h4-8,10-13H,2H2,1H3,(H,14,15,16)/b9-3+/t4-,5+,6+,7+,8-/m0/s1. The number of oxime groups is 1. The van der Waals surface area contributed by atoms with Crippen molar-refractivity contribution in [3.63, 3.8) is 0 Å². The van der Waals surface area contributed by atoms with Gasteiger partial charge in [0, 0.05) is 0 Å². The van der Waals surface area contributed by atoms with Gasteiger partial charge in [-0.15, -0.1) is 0 Å². The molecule has 0 aromatic rings. The van der Waals surface area contributed by atoms with Crippen LogP contribution in [0.4, 0.5) is 0 Å². The number of aliphatic hydroxyl groups excluding tert-OH is 4. The highest BCUT2D eigenvalue weighted by Gasteiger charge is 2.43. The Hall–Kier alpha value is -0.470. The van der Waals surface area contributed by atoms with E-state index < -0.39 is 46.9 Å². The van der Waals surface area contributed by atoms with Gasteiger partial charge in [-0.3, -0.25) is 4.55 Å². The number of hydrogen-bond donors (Lipinski definition) is 5. The highest BCUT2D eigenvalue weighted by atomic mass is 32.3. The number of ether oxygens (including phenoxy) is 1. The zero-order chi connectivity index (χ0) is 15.5. The SMILES string of the molecule is C/C(=N\OS(=O)(=O)O)S[C@@H]1O[C@@H](CO)[C@@H](O)[C@@H](O)[C@H]1O. The number of hydrogen-bond acceptors (Lipinski definition) is 10. The van der Waals surface area contributed by atoms with Crippen LogP contribution in [0.3, 0.4) is 0 Å². The molecule has 12 heteroatoms. The molecular weight excluding hydrogens is 318 g/mol. The van der Waals surface area contributed by atoms with Gasteiger partial charge in [0.2, 0.25) is 0 Å². The molecule has 0 amide bonds. The Balaban J connectivity index is 2.71. The highest BCUT2D eigenvalue weighted by molar-refractivity contribution is 8.14. The van der Waals surface area contributed by atoms with Crippen LogP contribution in [0.5, 0.6) is 0 Å². The first-order chi connectivity index (χ1) is 9.15. The molecule has 1 heterocycles. The molecule has 0 aromatic heterocycles. The van der Waals surface area contributed by atoms with Crippen molar-refractivity contribution in [2.45, 2.75) is 36.8 Å². The van der Waals surface area contributed by atoms with Gasteiger partial charge in [-0.2, -0.15) is 8.42 Å². The second-order valence-electron chi connectivity index (χ2n) is 3.93. The molecule has 10 nitrogen and oxygen atoms in total. The van der Waals surface area contributed by atoms with E-state index in [9.17, 15) is 23.7 Å². The van der Waals surface area contributed by atoms with Gasteiger partial charge in [-0.05, 0) is 6.92 Å². The maximum absolute atomic E-state index is 10.3. The van der Waals surface area contributed by atoms with Crippen LogP contribution in [-0.4, -0.2) is 74.9 Å². The van der Waals surface area contributed by atoms with Gasteiger partial charge in [0.25, 0.3) is 0 Å². The molecular formula is C8H15NO9S2. The summed E-state index contributed by atoms with van der Waals surface area (Å²) < 4.78 is 37.9. The summed E-state index contributed by atoms with van der Waals surface area (Å²) in [7, 11) is -4.74. The summed E-state index contributed by atoms with van der Waals surface area (Å²) in [5, 5.41) is 40.8. The molecule has 0 aliphatic carbocycles. The average molecular weight is 333 g/mol. The molecule has 0 radical (unpaired) electrons. The molecule has 1 fully saturated rings. The van der Waals surface area contributed by atoms with Crippen molar-refractivity contribution in [1.29, 1.82) is 0 Å². The minimum atomic E-state index is -4.74. The lowest BCUT2D eigenvalue weighted by atomic mass is 10.0. The molecule has 1 aliphatic heterocycles. The Morgan fingerprint density at radius 3 is 2.40 bits per heavy atom. The van der Waals surface area contributed by atoms with Crippen LogP contribution in [0.25, 0.3) is 0 Å². The number of rotatable bonds is 4. The van der Waals surface area contributed by atoms with Crippen molar-refractivity contribution < 1.29 is 42.4 Å². The Bertz CT molecular complexity index is 451. The third kappa shape index (κ3) is 4.82. The minimum Gasteiger partial charge on any atom is -0.394 e. The van der Waals surface area contributed by atoms with Crippen LogP contribution in [-0.2, 0) is 19.4 Å². The van der Waals surface area contributed by atoms with Crippen molar-refractivity contribution in [1.82, 2.24) is 0 Å². The topological polar surface area (TPSA) is 166 Å². The van der Waals surface area contributed by atoms with Crippen LogP contribution in [0.2, 0.25) is 0 Å². The Kier molecular flexibility index (Phi) is 6.15. The molecule has 0 spiro atoms. The summed E-state index contributed by atoms with van der Waals surface area (Å²) in [6.45, 7) is 0.719. The Morgan fingerprint density at radius 2 is 1.90 bits per heavy atom. The third-order valence-corrected chi connectivity index (χ3v) is 3.70. The van der Waals surface area contributed by atoms with E-state index in [1.165, 1.54) is 6.92 Å².